The second kappa shape index (κ2) is 3.82. The Labute approximate surface area is 78.9 Å². The summed E-state index contributed by atoms with van der Waals surface area (Å²) in [4.78, 5) is 0. The van der Waals surface area contributed by atoms with Crippen molar-refractivity contribution in [3.8, 4) is 5.75 Å². The Balaban J connectivity index is 1.98. The van der Waals surface area contributed by atoms with Gasteiger partial charge < -0.3 is 4.74 Å². The maximum atomic E-state index is 12.7. The number of halogens is 1. The molecule has 0 fully saturated rings. The molecule has 14 heavy (non-hydrogen) atoms. The number of benzene rings is 1. The summed E-state index contributed by atoms with van der Waals surface area (Å²) in [5.41, 5.74) is 0. The van der Waals surface area contributed by atoms with E-state index in [2.05, 4.69) is 20.6 Å². The molecule has 0 bridgehead atoms. The van der Waals surface area contributed by atoms with E-state index in [9.17, 15) is 4.39 Å². The van der Waals surface area contributed by atoms with E-state index in [1.165, 1.54) is 12.1 Å². The first-order valence-electron chi connectivity index (χ1n) is 3.95. The Hall–Kier alpha value is -1.98. The van der Waals surface area contributed by atoms with Crippen LogP contribution in [0, 0.1) is 5.82 Å². The number of hydrogen-bond donors (Lipinski definition) is 1. The zero-order valence-corrected chi connectivity index (χ0v) is 7.14. The van der Waals surface area contributed by atoms with Crippen LogP contribution in [0.1, 0.15) is 5.82 Å². The van der Waals surface area contributed by atoms with Crippen LogP contribution in [0.25, 0.3) is 0 Å². The molecule has 0 radical (unpaired) electrons. The SMILES string of the molecule is Fc1cccc(OCc2nn[nH]n2)c1. The van der Waals surface area contributed by atoms with E-state index in [4.69, 9.17) is 4.74 Å². The molecule has 0 amide bonds. The molecule has 1 aromatic heterocycles. The lowest BCUT2D eigenvalue weighted by Crippen LogP contribution is -1.97. The van der Waals surface area contributed by atoms with E-state index in [0.29, 0.717) is 11.6 Å². The second-order valence-electron chi connectivity index (χ2n) is 2.57. The van der Waals surface area contributed by atoms with Gasteiger partial charge in [0.15, 0.2) is 6.61 Å². The summed E-state index contributed by atoms with van der Waals surface area (Å²) in [5, 5.41) is 13.0. The Bertz CT molecular complexity index is 403. The molecule has 0 atom stereocenters. The second-order valence-corrected chi connectivity index (χ2v) is 2.57. The van der Waals surface area contributed by atoms with Gasteiger partial charge in [-0.25, -0.2) is 4.39 Å². The number of hydrogen-bond acceptors (Lipinski definition) is 4. The highest BCUT2D eigenvalue weighted by Crippen LogP contribution is 2.12. The third kappa shape index (κ3) is 2.03. The van der Waals surface area contributed by atoms with Crippen LogP contribution >= 0.6 is 0 Å². The Morgan fingerprint density at radius 1 is 1.43 bits per heavy atom. The predicted octanol–water partition coefficient (Wildman–Crippen LogP) is 0.918. The first-order valence-corrected chi connectivity index (χ1v) is 3.95. The number of tetrazole rings is 1. The van der Waals surface area contributed by atoms with Gasteiger partial charge in [-0.15, -0.1) is 10.2 Å². The molecule has 0 aliphatic rings. The van der Waals surface area contributed by atoms with Gasteiger partial charge in [0.2, 0.25) is 5.82 Å². The molecule has 0 saturated carbocycles. The van der Waals surface area contributed by atoms with E-state index >= 15 is 0 Å². The van der Waals surface area contributed by atoms with E-state index in [1.807, 2.05) is 0 Å². The summed E-state index contributed by atoms with van der Waals surface area (Å²) in [5.74, 6) is 0.527. The molecule has 0 spiro atoms. The standard InChI is InChI=1S/C8H7FN4O/c9-6-2-1-3-7(4-6)14-5-8-10-12-13-11-8/h1-4H,5H2,(H,10,11,12,13). The Kier molecular flexibility index (Phi) is 2.35. The number of ether oxygens (including phenoxy) is 1. The van der Waals surface area contributed by atoms with Crippen molar-refractivity contribution in [2.75, 3.05) is 0 Å². The van der Waals surface area contributed by atoms with Gasteiger partial charge in [0.05, 0.1) is 0 Å². The highest BCUT2D eigenvalue weighted by Gasteiger charge is 2.00. The fraction of sp³-hybridized carbons (Fsp3) is 0.125. The average molecular weight is 194 g/mol. The topological polar surface area (TPSA) is 63.7 Å². The third-order valence-corrected chi connectivity index (χ3v) is 1.55. The van der Waals surface area contributed by atoms with Crippen molar-refractivity contribution in [2.24, 2.45) is 0 Å². The largest absolute Gasteiger partial charge is 0.485 e. The highest BCUT2D eigenvalue weighted by atomic mass is 19.1. The molecule has 0 saturated heterocycles. The smallest absolute Gasteiger partial charge is 0.211 e. The minimum atomic E-state index is -0.337. The monoisotopic (exact) mass is 194 g/mol. The molecule has 1 heterocycles. The molecular weight excluding hydrogens is 187 g/mol. The summed E-state index contributed by atoms with van der Waals surface area (Å²) >= 11 is 0. The lowest BCUT2D eigenvalue weighted by Gasteiger charge is -2.01. The first-order chi connectivity index (χ1) is 6.84. The van der Waals surface area contributed by atoms with Crippen molar-refractivity contribution in [2.45, 2.75) is 6.61 Å². The van der Waals surface area contributed by atoms with Gasteiger partial charge in [-0.3, -0.25) is 0 Å². The van der Waals surface area contributed by atoms with Crippen molar-refractivity contribution >= 4 is 0 Å². The lowest BCUT2D eigenvalue weighted by molar-refractivity contribution is 0.294. The van der Waals surface area contributed by atoms with E-state index in [1.54, 1.807) is 12.1 Å². The summed E-state index contributed by atoms with van der Waals surface area (Å²) in [6, 6.07) is 5.87. The minimum Gasteiger partial charge on any atom is -0.485 e. The zero-order valence-electron chi connectivity index (χ0n) is 7.14. The fourth-order valence-corrected chi connectivity index (χ4v) is 0.948. The molecule has 1 aromatic carbocycles. The van der Waals surface area contributed by atoms with Gasteiger partial charge in [-0.1, -0.05) is 11.3 Å². The summed E-state index contributed by atoms with van der Waals surface area (Å²) in [6.07, 6.45) is 0. The fourth-order valence-electron chi connectivity index (χ4n) is 0.948. The van der Waals surface area contributed by atoms with Crippen LogP contribution in [0.15, 0.2) is 24.3 Å². The third-order valence-electron chi connectivity index (χ3n) is 1.55. The van der Waals surface area contributed by atoms with Crippen LogP contribution in [-0.4, -0.2) is 20.6 Å². The van der Waals surface area contributed by atoms with E-state index in [0.717, 1.165) is 0 Å². The van der Waals surface area contributed by atoms with Crippen molar-refractivity contribution in [3.63, 3.8) is 0 Å². The number of nitrogens with zero attached hydrogens (tertiary/aromatic N) is 3. The minimum absolute atomic E-state index is 0.167. The molecule has 0 aliphatic carbocycles. The maximum absolute atomic E-state index is 12.7. The van der Waals surface area contributed by atoms with Gasteiger partial charge in [0.1, 0.15) is 11.6 Å². The predicted molar refractivity (Wildman–Crippen MR) is 44.9 cm³/mol. The normalized spacial score (nSPS) is 10.1. The molecule has 2 aromatic rings. The molecule has 0 aliphatic heterocycles. The van der Waals surface area contributed by atoms with Crippen LogP contribution in [0.4, 0.5) is 4.39 Å². The highest BCUT2D eigenvalue weighted by molar-refractivity contribution is 5.22. The average Bonchev–Trinajstić information content (AvgIpc) is 2.67. The lowest BCUT2D eigenvalue weighted by atomic mass is 10.3. The van der Waals surface area contributed by atoms with Crippen LogP contribution in [-0.2, 0) is 6.61 Å². The number of nitrogens with one attached hydrogen (secondary N) is 1. The quantitative estimate of drug-likeness (QED) is 0.789. The Morgan fingerprint density at radius 3 is 3.07 bits per heavy atom. The molecular formula is C8H7FN4O. The summed E-state index contributed by atoms with van der Waals surface area (Å²) in [6.45, 7) is 0.167. The molecule has 5 nitrogen and oxygen atoms in total. The number of rotatable bonds is 3. The number of aromatic amines is 1. The van der Waals surface area contributed by atoms with Gasteiger partial charge in [-0.2, -0.15) is 5.21 Å². The summed E-state index contributed by atoms with van der Waals surface area (Å²) in [7, 11) is 0. The van der Waals surface area contributed by atoms with Gasteiger partial charge in [-0.05, 0) is 12.1 Å². The molecule has 6 heteroatoms. The van der Waals surface area contributed by atoms with Gasteiger partial charge >= 0.3 is 0 Å². The van der Waals surface area contributed by atoms with Crippen molar-refractivity contribution in [1.82, 2.24) is 20.6 Å². The molecule has 0 unspecified atom stereocenters. The van der Waals surface area contributed by atoms with Gasteiger partial charge in [0, 0.05) is 6.07 Å². The Morgan fingerprint density at radius 2 is 2.36 bits per heavy atom. The molecule has 2 rings (SSSR count). The molecule has 72 valence electrons. The number of aromatic nitrogens is 4. The first kappa shape index (κ1) is 8.61. The van der Waals surface area contributed by atoms with Crippen LogP contribution < -0.4 is 4.74 Å². The van der Waals surface area contributed by atoms with Gasteiger partial charge in [0.25, 0.3) is 0 Å². The van der Waals surface area contributed by atoms with E-state index < -0.39 is 0 Å². The van der Waals surface area contributed by atoms with Crippen LogP contribution in [0.2, 0.25) is 0 Å². The van der Waals surface area contributed by atoms with E-state index in [-0.39, 0.29) is 12.4 Å². The summed E-state index contributed by atoms with van der Waals surface area (Å²) < 4.78 is 17.9. The van der Waals surface area contributed by atoms with Crippen LogP contribution in [0.5, 0.6) is 5.75 Å². The number of H-pyrrole nitrogens is 1. The van der Waals surface area contributed by atoms with Crippen LogP contribution in [0.3, 0.4) is 0 Å². The molecule has 1 N–H and O–H groups in total. The maximum Gasteiger partial charge on any atom is 0.211 e. The van der Waals surface area contributed by atoms with Crippen molar-refractivity contribution in [3.05, 3.63) is 35.9 Å². The zero-order chi connectivity index (χ0) is 9.80. The van der Waals surface area contributed by atoms with Crippen molar-refractivity contribution < 1.29 is 9.13 Å². The van der Waals surface area contributed by atoms with Crippen molar-refractivity contribution in [1.29, 1.82) is 0 Å².